The Morgan fingerprint density at radius 3 is 2.50 bits per heavy atom. The van der Waals surface area contributed by atoms with E-state index in [0.717, 1.165) is 30.6 Å². The number of rotatable bonds is 3. The second-order valence-electron chi connectivity index (χ2n) is 2.96. The van der Waals surface area contributed by atoms with E-state index in [1.165, 1.54) is 0 Å². The third kappa shape index (κ3) is 1.44. The Morgan fingerprint density at radius 1 is 1.42 bits per heavy atom. The summed E-state index contributed by atoms with van der Waals surface area (Å²) in [4.78, 5) is 0. The summed E-state index contributed by atoms with van der Waals surface area (Å²) in [5.74, 6) is 0.344. The smallest absolute Gasteiger partial charge is 0.212 e. The molecule has 0 fully saturated rings. The van der Waals surface area contributed by atoms with Gasteiger partial charge in [0.25, 0.3) is 0 Å². The van der Waals surface area contributed by atoms with E-state index in [2.05, 4.69) is 12.0 Å². The van der Waals surface area contributed by atoms with Crippen LogP contribution in [0.1, 0.15) is 31.5 Å². The first-order valence-electron chi connectivity index (χ1n) is 4.45. The minimum atomic E-state index is 0.344. The van der Waals surface area contributed by atoms with Crippen molar-refractivity contribution >= 4 is 0 Å². The summed E-state index contributed by atoms with van der Waals surface area (Å²) in [5.41, 5.74) is 1.92. The number of aryl methyl sites for hydroxylation is 2. The third-order valence-electron chi connectivity index (χ3n) is 2.01. The van der Waals surface area contributed by atoms with Gasteiger partial charge in [0.05, 0.1) is 5.69 Å². The molecule has 3 heteroatoms. The minimum Gasteiger partial charge on any atom is -0.493 e. The van der Waals surface area contributed by atoms with Gasteiger partial charge in [-0.05, 0) is 19.8 Å². The van der Waals surface area contributed by atoms with Crippen molar-refractivity contribution in [2.45, 2.75) is 40.2 Å². The summed E-state index contributed by atoms with van der Waals surface area (Å²) in [6.45, 7) is 6.83. The average molecular weight is 168 g/mol. The second-order valence-corrected chi connectivity index (χ2v) is 2.96. The molecule has 1 rings (SSSR count). The Hall–Kier alpha value is -0.990. The van der Waals surface area contributed by atoms with Gasteiger partial charge in [0, 0.05) is 12.1 Å². The minimum absolute atomic E-state index is 0.344. The maximum absolute atomic E-state index is 9.64. The zero-order chi connectivity index (χ0) is 9.14. The standard InChI is InChI=1S/C9H16N2O/c1-4-6-11-9(12)8(5-2)7(3)10-11/h12H,4-6H2,1-3H3. The summed E-state index contributed by atoms with van der Waals surface area (Å²) in [5, 5.41) is 13.9. The predicted octanol–water partition coefficient (Wildman–Crippen LogP) is 1.87. The number of aromatic nitrogens is 2. The molecule has 0 aliphatic rings. The summed E-state index contributed by atoms with van der Waals surface area (Å²) < 4.78 is 1.67. The lowest BCUT2D eigenvalue weighted by Crippen LogP contribution is -1.98. The first-order chi connectivity index (χ1) is 5.70. The van der Waals surface area contributed by atoms with Crippen LogP contribution < -0.4 is 0 Å². The Labute approximate surface area is 73.0 Å². The van der Waals surface area contributed by atoms with E-state index >= 15 is 0 Å². The van der Waals surface area contributed by atoms with Gasteiger partial charge in [-0.25, -0.2) is 4.68 Å². The van der Waals surface area contributed by atoms with Gasteiger partial charge >= 0.3 is 0 Å². The van der Waals surface area contributed by atoms with Gasteiger partial charge in [0.15, 0.2) is 0 Å². The van der Waals surface area contributed by atoms with Crippen LogP contribution >= 0.6 is 0 Å². The first-order valence-corrected chi connectivity index (χ1v) is 4.45. The number of nitrogens with zero attached hydrogens (tertiary/aromatic N) is 2. The lowest BCUT2D eigenvalue weighted by molar-refractivity contribution is 0.393. The van der Waals surface area contributed by atoms with Crippen LogP contribution in [-0.4, -0.2) is 14.9 Å². The highest BCUT2D eigenvalue weighted by molar-refractivity contribution is 5.29. The lowest BCUT2D eigenvalue weighted by Gasteiger charge is -1.99. The molecular formula is C9H16N2O. The molecule has 1 heterocycles. The van der Waals surface area contributed by atoms with Gasteiger partial charge < -0.3 is 5.11 Å². The maximum atomic E-state index is 9.64. The van der Waals surface area contributed by atoms with Crippen LogP contribution in [0.15, 0.2) is 0 Å². The molecule has 0 spiro atoms. The van der Waals surface area contributed by atoms with Gasteiger partial charge in [0.1, 0.15) is 0 Å². The summed E-state index contributed by atoms with van der Waals surface area (Å²) >= 11 is 0. The van der Waals surface area contributed by atoms with Gasteiger partial charge in [0.2, 0.25) is 5.88 Å². The number of hydrogen-bond donors (Lipinski definition) is 1. The van der Waals surface area contributed by atoms with Crippen LogP contribution in [0.3, 0.4) is 0 Å². The Kier molecular flexibility index (Phi) is 2.74. The predicted molar refractivity (Wildman–Crippen MR) is 48.3 cm³/mol. The quantitative estimate of drug-likeness (QED) is 0.748. The monoisotopic (exact) mass is 168 g/mol. The number of hydrogen-bond acceptors (Lipinski definition) is 2. The van der Waals surface area contributed by atoms with Gasteiger partial charge in [-0.15, -0.1) is 0 Å². The summed E-state index contributed by atoms with van der Waals surface area (Å²) in [6.07, 6.45) is 1.85. The Morgan fingerprint density at radius 2 is 2.08 bits per heavy atom. The Balaban J connectivity index is 3.00. The summed E-state index contributed by atoms with van der Waals surface area (Å²) in [6, 6.07) is 0. The van der Waals surface area contributed by atoms with Crippen molar-refractivity contribution in [3.63, 3.8) is 0 Å². The molecule has 3 nitrogen and oxygen atoms in total. The van der Waals surface area contributed by atoms with Crippen LogP contribution in [0, 0.1) is 6.92 Å². The van der Waals surface area contributed by atoms with Crippen LogP contribution in [0.5, 0.6) is 5.88 Å². The van der Waals surface area contributed by atoms with E-state index in [-0.39, 0.29) is 0 Å². The van der Waals surface area contributed by atoms with Crippen LogP contribution in [0.2, 0.25) is 0 Å². The first kappa shape index (κ1) is 9.10. The molecule has 0 aromatic carbocycles. The van der Waals surface area contributed by atoms with Crippen molar-refractivity contribution in [2.24, 2.45) is 0 Å². The molecular weight excluding hydrogens is 152 g/mol. The molecule has 0 aliphatic heterocycles. The molecule has 0 bridgehead atoms. The molecule has 0 amide bonds. The fourth-order valence-corrected chi connectivity index (χ4v) is 1.39. The maximum Gasteiger partial charge on any atom is 0.212 e. The lowest BCUT2D eigenvalue weighted by atomic mass is 10.2. The highest BCUT2D eigenvalue weighted by Crippen LogP contribution is 2.20. The SMILES string of the molecule is CCCn1nc(C)c(CC)c1O. The van der Waals surface area contributed by atoms with E-state index in [4.69, 9.17) is 0 Å². The van der Waals surface area contributed by atoms with E-state index < -0.39 is 0 Å². The van der Waals surface area contributed by atoms with Gasteiger partial charge in [-0.2, -0.15) is 5.10 Å². The van der Waals surface area contributed by atoms with Crippen molar-refractivity contribution < 1.29 is 5.11 Å². The highest BCUT2D eigenvalue weighted by atomic mass is 16.3. The summed E-state index contributed by atoms with van der Waals surface area (Å²) in [7, 11) is 0. The fraction of sp³-hybridized carbons (Fsp3) is 0.667. The molecule has 0 unspecified atom stereocenters. The molecule has 0 radical (unpaired) electrons. The van der Waals surface area contributed by atoms with E-state index in [0.29, 0.717) is 5.88 Å². The number of aromatic hydroxyl groups is 1. The average Bonchev–Trinajstić information content (AvgIpc) is 2.29. The molecule has 1 N–H and O–H groups in total. The molecule has 68 valence electrons. The van der Waals surface area contributed by atoms with Crippen molar-refractivity contribution in [2.75, 3.05) is 0 Å². The molecule has 1 aromatic rings. The van der Waals surface area contributed by atoms with Crippen molar-refractivity contribution in [1.29, 1.82) is 0 Å². The molecule has 12 heavy (non-hydrogen) atoms. The molecule has 0 saturated heterocycles. The van der Waals surface area contributed by atoms with Crippen LogP contribution in [-0.2, 0) is 13.0 Å². The Bertz CT molecular complexity index is 266. The normalized spacial score (nSPS) is 10.6. The molecule has 0 atom stereocenters. The highest BCUT2D eigenvalue weighted by Gasteiger charge is 2.10. The van der Waals surface area contributed by atoms with Gasteiger partial charge in [-0.3, -0.25) is 0 Å². The third-order valence-corrected chi connectivity index (χ3v) is 2.01. The topological polar surface area (TPSA) is 38.0 Å². The van der Waals surface area contributed by atoms with Crippen molar-refractivity contribution in [3.05, 3.63) is 11.3 Å². The zero-order valence-electron chi connectivity index (χ0n) is 7.96. The van der Waals surface area contributed by atoms with Crippen molar-refractivity contribution in [3.8, 4) is 5.88 Å². The zero-order valence-corrected chi connectivity index (χ0v) is 7.96. The second kappa shape index (κ2) is 3.61. The molecule has 0 aliphatic carbocycles. The van der Waals surface area contributed by atoms with Crippen molar-refractivity contribution in [1.82, 2.24) is 9.78 Å². The molecule has 1 aromatic heterocycles. The largest absolute Gasteiger partial charge is 0.493 e. The molecule has 0 saturated carbocycles. The fourth-order valence-electron chi connectivity index (χ4n) is 1.39. The van der Waals surface area contributed by atoms with Gasteiger partial charge in [-0.1, -0.05) is 13.8 Å². The van der Waals surface area contributed by atoms with E-state index in [1.54, 1.807) is 4.68 Å². The van der Waals surface area contributed by atoms with E-state index in [1.807, 2.05) is 13.8 Å². The van der Waals surface area contributed by atoms with Crippen LogP contribution in [0.25, 0.3) is 0 Å². The van der Waals surface area contributed by atoms with Crippen LogP contribution in [0.4, 0.5) is 0 Å². The van der Waals surface area contributed by atoms with E-state index in [9.17, 15) is 5.11 Å².